The van der Waals surface area contributed by atoms with E-state index in [9.17, 15) is 21.6 Å². The molecule has 0 spiro atoms. The van der Waals surface area contributed by atoms with Gasteiger partial charge in [0.1, 0.15) is 11.6 Å². The molecule has 1 aromatic carbocycles. The summed E-state index contributed by atoms with van der Waals surface area (Å²) in [6.45, 7) is 0. The van der Waals surface area contributed by atoms with E-state index in [1.807, 2.05) is 0 Å². The van der Waals surface area contributed by atoms with Gasteiger partial charge in [0.05, 0.1) is 16.4 Å². The quantitative estimate of drug-likeness (QED) is 0.365. The first-order valence-corrected chi connectivity index (χ1v) is 10.3. The average molecular weight is 385 g/mol. The van der Waals surface area contributed by atoms with Crippen LogP contribution in [-0.2, 0) is 24.7 Å². The minimum Gasteiger partial charge on any atom is -0.386 e. The molecule has 0 saturated carbocycles. The third-order valence-electron chi connectivity index (χ3n) is 3.47. The van der Waals surface area contributed by atoms with E-state index in [-0.39, 0.29) is 33.7 Å². The Morgan fingerprint density at radius 2 is 1.96 bits per heavy atom. The van der Waals surface area contributed by atoms with Crippen molar-refractivity contribution in [3.8, 4) is 6.07 Å². The maximum absolute atomic E-state index is 12.0. The van der Waals surface area contributed by atoms with E-state index in [4.69, 9.17) is 9.81 Å². The third-order valence-corrected chi connectivity index (χ3v) is 6.11. The summed E-state index contributed by atoms with van der Waals surface area (Å²) in [4.78, 5) is 11.7. The molecule has 1 unspecified atom stereocenters. The van der Waals surface area contributed by atoms with E-state index in [1.165, 1.54) is 12.1 Å². The Morgan fingerprint density at radius 3 is 2.44 bits per heavy atom. The van der Waals surface area contributed by atoms with Crippen molar-refractivity contribution in [1.29, 1.82) is 5.26 Å². The van der Waals surface area contributed by atoms with Crippen LogP contribution in [0.5, 0.6) is 0 Å². The Morgan fingerprint density at radius 1 is 1.32 bits per heavy atom. The maximum atomic E-state index is 12.0. The Balaban J connectivity index is 2.02. The van der Waals surface area contributed by atoms with Gasteiger partial charge < -0.3 is 10.6 Å². The molecular formula is C14H15N3O6S2. The first-order chi connectivity index (χ1) is 11.6. The number of nitriles is 1. The van der Waals surface area contributed by atoms with E-state index in [0.29, 0.717) is 6.42 Å². The molecule has 3 N–H and O–H groups in total. The number of benzene rings is 1. The molecular weight excluding hydrogens is 370 g/mol. The van der Waals surface area contributed by atoms with Crippen LogP contribution in [-0.4, -0.2) is 44.8 Å². The predicted molar refractivity (Wildman–Crippen MR) is 88.8 cm³/mol. The Labute approximate surface area is 145 Å². The number of nitrogens with zero attached hydrogens (tertiary/aromatic N) is 1. The highest BCUT2D eigenvalue weighted by atomic mass is 32.2. The van der Waals surface area contributed by atoms with Gasteiger partial charge in [0, 0.05) is 17.9 Å². The molecule has 2 rings (SSSR count). The SMILES string of the molecule is N#C/C(=C/NC1CCS(=O)(=O)C1)C(=O)Nc1ccc(S(=O)(=O)O)cc1. The molecule has 0 bridgehead atoms. The fraction of sp³-hybridized carbons (Fsp3) is 0.286. The predicted octanol–water partition coefficient (Wildman–Crippen LogP) is 0.0560. The van der Waals surface area contributed by atoms with Crippen LogP contribution < -0.4 is 10.6 Å². The molecule has 0 aromatic heterocycles. The summed E-state index contributed by atoms with van der Waals surface area (Å²) >= 11 is 0. The number of rotatable bonds is 5. The largest absolute Gasteiger partial charge is 0.386 e. The van der Waals surface area contributed by atoms with Crippen LogP contribution in [0.1, 0.15) is 6.42 Å². The molecule has 25 heavy (non-hydrogen) atoms. The molecule has 9 nitrogen and oxygen atoms in total. The smallest absolute Gasteiger partial charge is 0.294 e. The van der Waals surface area contributed by atoms with Gasteiger partial charge in [-0.05, 0) is 30.7 Å². The van der Waals surface area contributed by atoms with Crippen molar-refractivity contribution in [2.24, 2.45) is 0 Å². The lowest BCUT2D eigenvalue weighted by Gasteiger charge is -2.09. The molecule has 1 amide bonds. The molecule has 134 valence electrons. The van der Waals surface area contributed by atoms with Crippen molar-refractivity contribution in [2.75, 3.05) is 16.8 Å². The Kier molecular flexibility index (Phi) is 5.46. The zero-order valence-electron chi connectivity index (χ0n) is 12.8. The van der Waals surface area contributed by atoms with Gasteiger partial charge in [0.15, 0.2) is 9.84 Å². The van der Waals surface area contributed by atoms with E-state index >= 15 is 0 Å². The number of hydrogen-bond donors (Lipinski definition) is 3. The zero-order valence-corrected chi connectivity index (χ0v) is 14.5. The molecule has 1 aromatic rings. The van der Waals surface area contributed by atoms with Crippen molar-refractivity contribution in [3.05, 3.63) is 36.0 Å². The number of anilines is 1. The Bertz CT molecular complexity index is 943. The minimum absolute atomic E-state index is 0.0546. The number of carbonyl (C=O) groups excluding carboxylic acids is 1. The second-order valence-electron chi connectivity index (χ2n) is 5.39. The third kappa shape index (κ3) is 5.28. The summed E-state index contributed by atoms with van der Waals surface area (Å²) in [7, 11) is -7.41. The van der Waals surface area contributed by atoms with Crippen LogP contribution in [0, 0.1) is 11.3 Å². The lowest BCUT2D eigenvalue weighted by molar-refractivity contribution is -0.112. The zero-order chi connectivity index (χ0) is 18.7. The fourth-order valence-electron chi connectivity index (χ4n) is 2.18. The van der Waals surface area contributed by atoms with Crippen LogP contribution in [0.15, 0.2) is 40.9 Å². The van der Waals surface area contributed by atoms with Crippen LogP contribution in [0.4, 0.5) is 5.69 Å². The average Bonchev–Trinajstić information content (AvgIpc) is 2.87. The van der Waals surface area contributed by atoms with Crippen LogP contribution >= 0.6 is 0 Å². The number of nitrogens with one attached hydrogen (secondary N) is 2. The molecule has 0 radical (unpaired) electrons. The van der Waals surface area contributed by atoms with Gasteiger partial charge in [-0.15, -0.1) is 0 Å². The second-order valence-corrected chi connectivity index (χ2v) is 9.04. The molecule has 1 fully saturated rings. The van der Waals surface area contributed by atoms with Crippen molar-refractivity contribution in [3.63, 3.8) is 0 Å². The van der Waals surface area contributed by atoms with Gasteiger partial charge in [-0.1, -0.05) is 0 Å². The van der Waals surface area contributed by atoms with E-state index in [0.717, 1.165) is 18.3 Å². The number of hydrogen-bond acceptors (Lipinski definition) is 7. The fourth-order valence-corrected chi connectivity index (χ4v) is 4.35. The molecule has 1 heterocycles. The molecule has 11 heteroatoms. The molecule has 1 saturated heterocycles. The van der Waals surface area contributed by atoms with Crippen LogP contribution in [0.2, 0.25) is 0 Å². The molecule has 1 aliphatic rings. The summed E-state index contributed by atoms with van der Waals surface area (Å²) in [5.74, 6) is -0.733. The summed E-state index contributed by atoms with van der Waals surface area (Å²) < 4.78 is 53.5. The second kappa shape index (κ2) is 7.22. The van der Waals surface area contributed by atoms with Crippen molar-refractivity contribution in [2.45, 2.75) is 17.4 Å². The lowest BCUT2D eigenvalue weighted by atomic mass is 10.2. The van der Waals surface area contributed by atoms with Gasteiger partial charge in [0.25, 0.3) is 16.0 Å². The van der Waals surface area contributed by atoms with Crippen molar-refractivity contribution < 1.29 is 26.2 Å². The normalized spacial score (nSPS) is 19.8. The van der Waals surface area contributed by atoms with Gasteiger partial charge >= 0.3 is 0 Å². The van der Waals surface area contributed by atoms with Crippen molar-refractivity contribution in [1.82, 2.24) is 5.32 Å². The first-order valence-electron chi connectivity index (χ1n) is 7.06. The van der Waals surface area contributed by atoms with E-state index in [2.05, 4.69) is 10.6 Å². The highest BCUT2D eigenvalue weighted by Gasteiger charge is 2.27. The molecule has 1 atom stereocenters. The summed E-state index contributed by atoms with van der Waals surface area (Å²) in [5.41, 5.74) is -0.0369. The first kappa shape index (κ1) is 18.9. The highest BCUT2D eigenvalue weighted by Crippen LogP contribution is 2.15. The van der Waals surface area contributed by atoms with E-state index < -0.39 is 25.9 Å². The van der Waals surface area contributed by atoms with Gasteiger partial charge in [-0.2, -0.15) is 13.7 Å². The summed E-state index contributed by atoms with van der Waals surface area (Å²) in [6, 6.07) is 6.06. The monoisotopic (exact) mass is 385 g/mol. The van der Waals surface area contributed by atoms with E-state index in [1.54, 1.807) is 6.07 Å². The van der Waals surface area contributed by atoms with Gasteiger partial charge in [-0.3, -0.25) is 9.35 Å². The summed E-state index contributed by atoms with van der Waals surface area (Å²) in [6.07, 6.45) is 1.56. The number of amides is 1. The molecule has 1 aliphatic heterocycles. The standard InChI is InChI=1S/C14H15N3O6S2/c15-7-10(8-16-12-5-6-24(19,20)9-12)14(18)17-11-1-3-13(4-2-11)25(21,22)23/h1-4,8,12,16H,5-6,9H2,(H,17,18)(H,21,22,23)/b10-8-. The van der Waals surface area contributed by atoms with Crippen LogP contribution in [0.3, 0.4) is 0 Å². The van der Waals surface area contributed by atoms with Crippen LogP contribution in [0.25, 0.3) is 0 Å². The summed E-state index contributed by atoms with van der Waals surface area (Å²) in [5, 5.41) is 14.2. The minimum atomic E-state index is -4.33. The highest BCUT2D eigenvalue weighted by molar-refractivity contribution is 7.91. The van der Waals surface area contributed by atoms with Gasteiger partial charge in [-0.25, -0.2) is 8.42 Å². The topological polar surface area (TPSA) is 153 Å². The number of carbonyl (C=O) groups is 1. The van der Waals surface area contributed by atoms with Gasteiger partial charge in [0.2, 0.25) is 0 Å². The molecule has 0 aliphatic carbocycles. The van der Waals surface area contributed by atoms with Crippen molar-refractivity contribution >= 4 is 31.5 Å². The Hall–Kier alpha value is -2.42. The maximum Gasteiger partial charge on any atom is 0.294 e. The number of sulfone groups is 1. The lowest BCUT2D eigenvalue weighted by Crippen LogP contribution is -2.27.